The first-order chi connectivity index (χ1) is 35.0. The molecule has 4 heterocycles. The van der Waals surface area contributed by atoms with Crippen molar-refractivity contribution >= 4 is 90.2 Å². The molecule has 0 spiro atoms. The number of nitriles is 1. The molecule has 0 amide bonds. The van der Waals surface area contributed by atoms with E-state index in [4.69, 9.17) is 0 Å². The number of hydrogen-bond acceptors (Lipinski definition) is 3. The molecule has 0 N–H and O–H groups in total. The van der Waals surface area contributed by atoms with Crippen molar-refractivity contribution in [3.05, 3.63) is 198 Å². The standard InChI is InChI=1S/C67H56BN3S2/c1-65(2,3)43-24-30-58-51(35-43)52-36-44(66(4,5)6)25-31-59(52)71(58)46-27-29-55-61(38-46)73-63-34-42(47-16-10-13-19-53(47)67(7,8)9)33-62-64(63)68(55)54-28-23-40(32-60(54)72-62)50-37-45(26-22-41(50)39-69)70-56-20-14-11-17-48(56)49-18-12-15-21-57(49)70/h10-38H,1-9H3. The summed E-state index contributed by atoms with van der Waals surface area (Å²) in [7, 11) is 0. The molecule has 0 bridgehead atoms. The summed E-state index contributed by atoms with van der Waals surface area (Å²) in [6.45, 7) is 20.8. The summed E-state index contributed by atoms with van der Waals surface area (Å²) in [5, 5.41) is 15.7. The van der Waals surface area contributed by atoms with Gasteiger partial charge in [0.2, 0.25) is 6.71 Å². The number of nitrogens with zero attached hydrogens (tertiary/aromatic N) is 3. The van der Waals surface area contributed by atoms with Gasteiger partial charge in [-0.2, -0.15) is 5.26 Å². The van der Waals surface area contributed by atoms with E-state index in [0.717, 1.165) is 27.8 Å². The first kappa shape index (κ1) is 45.7. The summed E-state index contributed by atoms with van der Waals surface area (Å²) in [6, 6.07) is 68.4. The van der Waals surface area contributed by atoms with Crippen molar-refractivity contribution in [2.45, 2.75) is 98.1 Å². The Morgan fingerprint density at radius 3 is 1.48 bits per heavy atom. The molecular formula is C67H56BN3S2. The molecule has 0 saturated carbocycles. The zero-order valence-corrected chi connectivity index (χ0v) is 44.6. The van der Waals surface area contributed by atoms with Gasteiger partial charge in [0.1, 0.15) is 0 Å². The molecule has 354 valence electrons. The van der Waals surface area contributed by atoms with Crippen molar-refractivity contribution in [1.82, 2.24) is 9.13 Å². The Morgan fingerprint density at radius 1 is 0.411 bits per heavy atom. The number of aromatic nitrogens is 2. The molecule has 0 fully saturated rings. The minimum absolute atomic E-state index is 0.0239. The number of para-hydroxylation sites is 2. The maximum atomic E-state index is 10.7. The Hall–Kier alpha value is -7.17. The number of hydrogen-bond donors (Lipinski definition) is 0. The van der Waals surface area contributed by atoms with Crippen LogP contribution in [-0.2, 0) is 16.2 Å². The molecule has 0 unspecified atom stereocenters. The minimum Gasteiger partial charge on any atom is -0.309 e. The van der Waals surface area contributed by atoms with Crippen LogP contribution in [0.4, 0.5) is 0 Å². The Kier molecular flexibility index (Phi) is 10.3. The van der Waals surface area contributed by atoms with Gasteiger partial charge in [-0.05, 0) is 140 Å². The van der Waals surface area contributed by atoms with Gasteiger partial charge >= 0.3 is 0 Å². The highest BCUT2D eigenvalue weighted by molar-refractivity contribution is 8.01. The molecule has 73 heavy (non-hydrogen) atoms. The molecule has 2 aliphatic rings. The third-order valence-electron chi connectivity index (χ3n) is 15.5. The summed E-state index contributed by atoms with van der Waals surface area (Å²) in [4.78, 5) is 5.11. The van der Waals surface area contributed by atoms with Crippen LogP contribution in [0.5, 0.6) is 0 Å². The highest BCUT2D eigenvalue weighted by atomic mass is 32.2. The molecular weight excluding hydrogens is 922 g/mol. The quantitative estimate of drug-likeness (QED) is 0.165. The molecule has 0 radical (unpaired) electrons. The van der Waals surface area contributed by atoms with E-state index in [1.165, 1.54) is 102 Å². The van der Waals surface area contributed by atoms with Crippen LogP contribution in [-0.4, -0.2) is 15.8 Å². The van der Waals surface area contributed by atoms with Crippen LogP contribution in [0, 0.1) is 11.3 Å². The van der Waals surface area contributed by atoms with E-state index in [9.17, 15) is 5.26 Å². The highest BCUT2D eigenvalue weighted by Gasteiger charge is 2.39. The van der Waals surface area contributed by atoms with Gasteiger partial charge in [-0.15, -0.1) is 0 Å². The molecule has 6 heteroatoms. The van der Waals surface area contributed by atoms with E-state index in [-0.39, 0.29) is 23.0 Å². The molecule has 2 aromatic heterocycles. The van der Waals surface area contributed by atoms with E-state index in [2.05, 4.69) is 247 Å². The second kappa shape index (κ2) is 16.4. The third kappa shape index (κ3) is 7.33. The summed E-state index contributed by atoms with van der Waals surface area (Å²) >= 11 is 3.80. The lowest BCUT2D eigenvalue weighted by molar-refractivity contribution is 0.590. The average molecular weight is 978 g/mol. The number of fused-ring (bicyclic) bond motifs is 10. The molecule has 0 saturated heterocycles. The Morgan fingerprint density at radius 2 is 0.904 bits per heavy atom. The number of rotatable bonds is 4. The van der Waals surface area contributed by atoms with Crippen LogP contribution >= 0.6 is 23.5 Å². The van der Waals surface area contributed by atoms with Gasteiger partial charge in [0.05, 0.1) is 33.7 Å². The van der Waals surface area contributed by atoms with Crippen molar-refractivity contribution in [2.24, 2.45) is 0 Å². The fourth-order valence-electron chi connectivity index (χ4n) is 11.8. The van der Waals surface area contributed by atoms with Crippen molar-refractivity contribution in [2.75, 3.05) is 0 Å². The predicted molar refractivity (Wildman–Crippen MR) is 313 cm³/mol. The summed E-state index contributed by atoms with van der Waals surface area (Å²) in [6.07, 6.45) is 0. The fourth-order valence-corrected chi connectivity index (χ4v) is 14.3. The van der Waals surface area contributed by atoms with Crippen LogP contribution in [0.3, 0.4) is 0 Å². The topological polar surface area (TPSA) is 33.6 Å². The van der Waals surface area contributed by atoms with E-state index in [1.54, 1.807) is 0 Å². The highest BCUT2D eigenvalue weighted by Crippen LogP contribution is 2.46. The van der Waals surface area contributed by atoms with Crippen LogP contribution in [0.25, 0.3) is 77.2 Å². The lowest BCUT2D eigenvalue weighted by Gasteiger charge is -2.34. The lowest BCUT2D eigenvalue weighted by Crippen LogP contribution is -2.58. The summed E-state index contributed by atoms with van der Waals surface area (Å²) < 4.78 is 4.84. The van der Waals surface area contributed by atoms with Gasteiger partial charge in [0.15, 0.2) is 0 Å². The van der Waals surface area contributed by atoms with Gasteiger partial charge in [0.25, 0.3) is 0 Å². The zero-order valence-electron chi connectivity index (χ0n) is 43.0. The Bertz CT molecular complexity index is 4060. The van der Waals surface area contributed by atoms with E-state index < -0.39 is 0 Å². The van der Waals surface area contributed by atoms with Gasteiger partial charge < -0.3 is 9.13 Å². The molecule has 3 nitrogen and oxygen atoms in total. The molecule has 0 aliphatic carbocycles. The average Bonchev–Trinajstić information content (AvgIpc) is 3.89. The number of benzene rings is 9. The second-order valence-electron chi connectivity index (χ2n) is 23.3. The third-order valence-corrected chi connectivity index (χ3v) is 17.8. The lowest BCUT2D eigenvalue weighted by atomic mass is 9.36. The van der Waals surface area contributed by atoms with Crippen LogP contribution in [0.1, 0.15) is 84.6 Å². The normalized spacial score (nSPS) is 13.4. The van der Waals surface area contributed by atoms with E-state index >= 15 is 0 Å². The van der Waals surface area contributed by atoms with E-state index in [0.29, 0.717) is 5.56 Å². The molecule has 13 rings (SSSR count). The van der Waals surface area contributed by atoms with E-state index in [1.807, 2.05) is 29.6 Å². The summed E-state index contributed by atoms with van der Waals surface area (Å²) in [5.41, 5.74) is 20.2. The monoisotopic (exact) mass is 977 g/mol. The predicted octanol–water partition coefficient (Wildman–Crippen LogP) is 16.4. The fraction of sp³-hybridized carbons (Fsp3) is 0.179. The van der Waals surface area contributed by atoms with Crippen molar-refractivity contribution in [3.63, 3.8) is 0 Å². The van der Waals surface area contributed by atoms with Crippen LogP contribution < -0.4 is 16.4 Å². The zero-order chi connectivity index (χ0) is 50.3. The smallest absolute Gasteiger partial charge is 0.247 e. The van der Waals surface area contributed by atoms with Crippen LogP contribution in [0.2, 0.25) is 0 Å². The van der Waals surface area contributed by atoms with Gasteiger partial charge in [0, 0.05) is 58.1 Å². The molecule has 9 aromatic carbocycles. The first-order valence-corrected chi connectivity index (χ1v) is 27.2. The minimum atomic E-state index is -0.0363. The first-order valence-electron chi connectivity index (χ1n) is 25.6. The Balaban J connectivity index is 0.999. The second-order valence-corrected chi connectivity index (χ2v) is 25.5. The van der Waals surface area contributed by atoms with Crippen molar-refractivity contribution < 1.29 is 0 Å². The largest absolute Gasteiger partial charge is 0.309 e. The summed E-state index contributed by atoms with van der Waals surface area (Å²) in [5.74, 6) is 0. The SMILES string of the molecule is CC(C)(C)c1ccc2c(c1)c1cc(C(C)(C)C)ccc1n2-c1ccc2c(c1)Sc1cc(-c3ccccc3C(C)(C)C)cc3c1B2c1ccc(-c2cc(-n4c5ccccc5c5ccccc54)ccc2C#N)cc1S3. The molecule has 11 aromatic rings. The van der Waals surface area contributed by atoms with Gasteiger partial charge in [-0.1, -0.05) is 188 Å². The van der Waals surface area contributed by atoms with Gasteiger partial charge in [-0.3, -0.25) is 0 Å². The van der Waals surface area contributed by atoms with Crippen molar-refractivity contribution in [1.29, 1.82) is 5.26 Å². The maximum Gasteiger partial charge on any atom is 0.247 e. The van der Waals surface area contributed by atoms with Crippen LogP contribution in [0.15, 0.2) is 196 Å². The van der Waals surface area contributed by atoms with Gasteiger partial charge in [-0.25, -0.2) is 0 Å². The van der Waals surface area contributed by atoms with Crippen molar-refractivity contribution in [3.8, 4) is 39.7 Å². The maximum absolute atomic E-state index is 10.7. The molecule has 0 atom stereocenters. The Labute approximate surface area is 438 Å². The molecule has 2 aliphatic heterocycles.